The maximum absolute atomic E-state index is 2.49. The Hall–Kier alpha value is -7.74. The van der Waals surface area contributed by atoms with E-state index in [2.05, 4.69) is 241 Å². The average molecular weight is 762 g/mol. The van der Waals surface area contributed by atoms with Crippen LogP contribution in [0.25, 0.3) is 66.4 Å². The molecule has 10 aromatic rings. The number of anilines is 3. The van der Waals surface area contributed by atoms with E-state index in [1.165, 1.54) is 88.7 Å². The van der Waals surface area contributed by atoms with Crippen molar-refractivity contribution in [2.24, 2.45) is 0 Å². The number of para-hydroxylation sites is 1. The molecule has 280 valence electrons. The first-order valence-electron chi connectivity index (χ1n) is 20.8. The summed E-state index contributed by atoms with van der Waals surface area (Å²) < 4.78 is 0. The normalized spacial score (nSPS) is 14.4. The van der Waals surface area contributed by atoms with Crippen LogP contribution in [0.5, 0.6) is 0 Å². The van der Waals surface area contributed by atoms with E-state index in [0.29, 0.717) is 0 Å². The van der Waals surface area contributed by atoms with Crippen LogP contribution in [0.3, 0.4) is 0 Å². The largest absolute Gasteiger partial charge is 0.310 e. The zero-order chi connectivity index (χ0) is 39.6. The molecule has 60 heavy (non-hydrogen) atoms. The van der Waals surface area contributed by atoms with Crippen molar-refractivity contribution >= 4 is 27.8 Å². The Bertz CT molecular complexity index is 3250. The molecule has 0 bridgehead atoms. The predicted octanol–water partition coefficient (Wildman–Crippen LogP) is 15.7. The van der Waals surface area contributed by atoms with Gasteiger partial charge in [-0.05, 0) is 125 Å². The van der Waals surface area contributed by atoms with Crippen LogP contribution in [0.4, 0.5) is 17.1 Å². The predicted molar refractivity (Wildman–Crippen MR) is 251 cm³/mol. The molecule has 2 aliphatic carbocycles. The van der Waals surface area contributed by atoms with Gasteiger partial charge in [-0.1, -0.05) is 200 Å². The van der Waals surface area contributed by atoms with E-state index in [4.69, 9.17) is 0 Å². The lowest BCUT2D eigenvalue weighted by Crippen LogP contribution is -2.29. The van der Waals surface area contributed by atoms with Gasteiger partial charge in [-0.3, -0.25) is 0 Å². The Labute approximate surface area is 351 Å². The zero-order valence-electron chi connectivity index (χ0n) is 33.0. The number of fused-ring (bicyclic) bond motifs is 13. The molecule has 0 amide bonds. The van der Waals surface area contributed by atoms with E-state index >= 15 is 0 Å². The van der Waals surface area contributed by atoms with E-state index in [1.807, 2.05) is 0 Å². The minimum absolute atomic E-state index is 0.595. The van der Waals surface area contributed by atoms with Crippen LogP contribution in [0.1, 0.15) is 22.3 Å². The lowest BCUT2D eigenvalue weighted by atomic mass is 9.66. The highest BCUT2D eigenvalue weighted by atomic mass is 15.1. The molecule has 1 spiro atoms. The monoisotopic (exact) mass is 761 g/mol. The Morgan fingerprint density at radius 2 is 0.733 bits per heavy atom. The molecule has 0 aromatic heterocycles. The maximum Gasteiger partial charge on any atom is 0.0726 e. The van der Waals surface area contributed by atoms with Gasteiger partial charge in [-0.15, -0.1) is 0 Å². The van der Waals surface area contributed by atoms with Crippen LogP contribution in [-0.2, 0) is 5.41 Å². The van der Waals surface area contributed by atoms with Gasteiger partial charge in [-0.2, -0.15) is 0 Å². The quantitative estimate of drug-likeness (QED) is 0.169. The molecule has 0 radical (unpaired) electrons. The summed E-state index contributed by atoms with van der Waals surface area (Å²) in [5, 5.41) is 2.51. The van der Waals surface area contributed by atoms with Crippen LogP contribution >= 0.6 is 0 Å². The van der Waals surface area contributed by atoms with Crippen LogP contribution in [0.2, 0.25) is 0 Å². The van der Waals surface area contributed by atoms with Crippen molar-refractivity contribution in [1.82, 2.24) is 0 Å². The summed E-state index contributed by atoms with van der Waals surface area (Å²) in [6.45, 7) is 0. The van der Waals surface area contributed by atoms with Crippen LogP contribution < -0.4 is 4.90 Å². The van der Waals surface area contributed by atoms with Gasteiger partial charge in [0.1, 0.15) is 0 Å². The molecule has 0 heterocycles. The van der Waals surface area contributed by atoms with Crippen molar-refractivity contribution in [2.45, 2.75) is 5.41 Å². The van der Waals surface area contributed by atoms with Crippen molar-refractivity contribution in [3.63, 3.8) is 0 Å². The third kappa shape index (κ3) is 5.06. The molecule has 0 saturated carbocycles. The molecule has 0 saturated heterocycles. The van der Waals surface area contributed by atoms with Crippen LogP contribution in [-0.4, -0.2) is 0 Å². The SMILES string of the molecule is c1ccc(-c2cccc3c2-c2ccccc2C2(c4ccccc4-c4ccc(N(c5ccccc5)c5ccc(-c6cccc7ccccc67)cc5)cc42)c2ccccc2-3)cc1. The number of rotatable bonds is 5. The topological polar surface area (TPSA) is 3.24 Å². The van der Waals surface area contributed by atoms with Gasteiger partial charge in [0.15, 0.2) is 0 Å². The lowest BCUT2D eigenvalue weighted by Gasteiger charge is -2.36. The minimum Gasteiger partial charge on any atom is -0.310 e. The maximum atomic E-state index is 2.49. The first kappa shape index (κ1) is 34.3. The van der Waals surface area contributed by atoms with Crippen LogP contribution in [0, 0.1) is 0 Å². The summed E-state index contributed by atoms with van der Waals surface area (Å²) in [7, 11) is 0. The molecular weight excluding hydrogens is 723 g/mol. The lowest BCUT2D eigenvalue weighted by molar-refractivity contribution is 0.775. The summed E-state index contributed by atoms with van der Waals surface area (Å²) in [6.07, 6.45) is 0. The van der Waals surface area contributed by atoms with Crippen molar-refractivity contribution in [2.75, 3.05) is 4.90 Å². The Kier molecular flexibility index (Phi) is 7.83. The van der Waals surface area contributed by atoms with E-state index in [1.54, 1.807) is 0 Å². The third-order valence-corrected chi connectivity index (χ3v) is 12.9. The van der Waals surface area contributed by atoms with Gasteiger partial charge in [0.2, 0.25) is 0 Å². The molecule has 0 aliphatic heterocycles. The molecule has 1 unspecified atom stereocenters. The Balaban J connectivity index is 1.11. The highest BCUT2D eigenvalue weighted by Crippen LogP contribution is 2.62. The first-order valence-corrected chi connectivity index (χ1v) is 20.8. The highest BCUT2D eigenvalue weighted by molar-refractivity contribution is 6.03. The van der Waals surface area contributed by atoms with Gasteiger partial charge in [0.25, 0.3) is 0 Å². The fraction of sp³-hybridized carbons (Fsp3) is 0.0169. The zero-order valence-corrected chi connectivity index (χ0v) is 33.0. The Morgan fingerprint density at radius 1 is 0.267 bits per heavy atom. The van der Waals surface area contributed by atoms with Gasteiger partial charge < -0.3 is 4.90 Å². The summed E-state index contributed by atoms with van der Waals surface area (Å²) in [6, 6.07) is 87.5. The van der Waals surface area contributed by atoms with E-state index < -0.39 is 5.41 Å². The van der Waals surface area contributed by atoms with Gasteiger partial charge in [0, 0.05) is 17.1 Å². The second-order valence-corrected chi connectivity index (χ2v) is 16.0. The molecule has 2 aliphatic rings. The number of hydrogen-bond donors (Lipinski definition) is 0. The molecule has 1 atom stereocenters. The van der Waals surface area contributed by atoms with Gasteiger partial charge in [-0.25, -0.2) is 0 Å². The average Bonchev–Trinajstić information content (AvgIpc) is 3.56. The number of benzene rings is 10. The summed E-state index contributed by atoms with van der Waals surface area (Å²) >= 11 is 0. The van der Waals surface area contributed by atoms with Crippen molar-refractivity contribution in [1.29, 1.82) is 0 Å². The molecule has 10 aromatic carbocycles. The number of hydrogen-bond acceptors (Lipinski definition) is 1. The summed E-state index contributed by atoms with van der Waals surface area (Å²) in [5.41, 5.74) is 20.5. The minimum atomic E-state index is -0.595. The van der Waals surface area contributed by atoms with Crippen molar-refractivity contribution < 1.29 is 0 Å². The fourth-order valence-electron chi connectivity index (χ4n) is 10.4. The first-order chi connectivity index (χ1) is 29.8. The summed E-state index contributed by atoms with van der Waals surface area (Å²) in [4.78, 5) is 2.42. The van der Waals surface area contributed by atoms with Crippen molar-refractivity contribution in [3.8, 4) is 55.6 Å². The van der Waals surface area contributed by atoms with E-state index in [-0.39, 0.29) is 0 Å². The molecular formula is C59H39N. The number of nitrogens with zero attached hydrogens (tertiary/aromatic N) is 1. The smallest absolute Gasteiger partial charge is 0.0726 e. The molecule has 0 N–H and O–H groups in total. The Morgan fingerprint density at radius 3 is 1.48 bits per heavy atom. The van der Waals surface area contributed by atoms with Crippen molar-refractivity contribution in [3.05, 3.63) is 259 Å². The van der Waals surface area contributed by atoms with Crippen LogP contribution in [0.15, 0.2) is 237 Å². The highest BCUT2D eigenvalue weighted by Gasteiger charge is 2.50. The van der Waals surface area contributed by atoms with Gasteiger partial charge in [0.05, 0.1) is 5.41 Å². The van der Waals surface area contributed by atoms with E-state index in [0.717, 1.165) is 17.1 Å². The molecule has 1 nitrogen and oxygen atoms in total. The van der Waals surface area contributed by atoms with Gasteiger partial charge >= 0.3 is 0 Å². The third-order valence-electron chi connectivity index (χ3n) is 12.9. The molecule has 1 heteroatoms. The second-order valence-electron chi connectivity index (χ2n) is 16.0. The van der Waals surface area contributed by atoms with E-state index in [9.17, 15) is 0 Å². The molecule has 0 fully saturated rings. The fourth-order valence-corrected chi connectivity index (χ4v) is 10.4. The molecule has 12 rings (SSSR count). The standard InChI is InChI=1S/C59H39N/c1-3-17-41(18-4-1)48-28-16-29-52-50-25-10-13-31-55(50)59(56-32-14-11-26-53(56)58(48)52)54-30-12-9-24-49(54)51-38-37-45(39-57(51)59)60(43-21-5-2-6-22-43)44-35-33-42(34-36-44)47-27-15-20-40-19-7-8-23-46(40)47/h1-39H. The summed E-state index contributed by atoms with van der Waals surface area (Å²) in [5.74, 6) is 0. The second kappa shape index (κ2) is 13.7.